The maximum absolute atomic E-state index is 12.8. The molecule has 1 saturated carbocycles. The minimum absolute atomic E-state index is 0.0904. The fourth-order valence-corrected chi connectivity index (χ4v) is 3.64. The van der Waals surface area contributed by atoms with Gasteiger partial charge in [-0.2, -0.15) is 0 Å². The number of para-hydroxylation sites is 2. The first-order valence-electron chi connectivity index (χ1n) is 8.05. The van der Waals surface area contributed by atoms with Gasteiger partial charge in [-0.05, 0) is 42.7 Å². The van der Waals surface area contributed by atoms with Crippen molar-refractivity contribution < 1.29 is 4.79 Å². The second-order valence-electron chi connectivity index (χ2n) is 6.35. The van der Waals surface area contributed by atoms with E-state index in [1.165, 1.54) is 0 Å². The first-order chi connectivity index (χ1) is 11.6. The van der Waals surface area contributed by atoms with Crippen LogP contribution in [-0.2, 0) is 23.8 Å². The third kappa shape index (κ3) is 2.53. The van der Waals surface area contributed by atoms with Crippen molar-refractivity contribution in [3.63, 3.8) is 0 Å². The molecular weight excluding hydrogens is 366 g/mol. The van der Waals surface area contributed by atoms with E-state index in [-0.39, 0.29) is 11.3 Å². The van der Waals surface area contributed by atoms with E-state index >= 15 is 0 Å². The molecule has 1 N–H and O–H groups in total. The summed E-state index contributed by atoms with van der Waals surface area (Å²) in [4.78, 5) is 17.4. The molecule has 0 atom stereocenters. The normalized spacial score (nSPS) is 15.4. The number of imidazole rings is 1. The van der Waals surface area contributed by atoms with Gasteiger partial charge in [0.2, 0.25) is 5.91 Å². The molecular formula is C19H18BrN3O. The molecule has 4 rings (SSSR count). The number of rotatable bonds is 4. The van der Waals surface area contributed by atoms with Crippen LogP contribution in [0.4, 0.5) is 0 Å². The van der Waals surface area contributed by atoms with Gasteiger partial charge >= 0.3 is 0 Å². The highest BCUT2D eigenvalue weighted by Gasteiger charge is 2.51. The Morgan fingerprint density at radius 3 is 2.75 bits per heavy atom. The summed E-state index contributed by atoms with van der Waals surface area (Å²) in [5.74, 6) is 0.960. The molecule has 122 valence electrons. The number of hydrogen-bond acceptors (Lipinski definition) is 2. The summed E-state index contributed by atoms with van der Waals surface area (Å²) < 4.78 is 3.04. The van der Waals surface area contributed by atoms with Crippen molar-refractivity contribution >= 4 is 32.9 Å². The number of fused-ring (bicyclic) bond motifs is 1. The lowest BCUT2D eigenvalue weighted by atomic mass is 9.95. The van der Waals surface area contributed by atoms with Crippen LogP contribution in [0, 0.1) is 0 Å². The van der Waals surface area contributed by atoms with Crippen molar-refractivity contribution in [2.45, 2.75) is 24.8 Å². The van der Waals surface area contributed by atoms with E-state index in [0.717, 1.165) is 39.7 Å². The lowest BCUT2D eigenvalue weighted by molar-refractivity contribution is -0.123. The zero-order valence-electron chi connectivity index (χ0n) is 13.4. The molecule has 0 aliphatic heterocycles. The molecule has 4 nitrogen and oxygen atoms in total. The maximum atomic E-state index is 12.8. The highest BCUT2D eigenvalue weighted by molar-refractivity contribution is 9.10. The quantitative estimate of drug-likeness (QED) is 0.746. The molecule has 1 heterocycles. The molecule has 5 heteroatoms. The van der Waals surface area contributed by atoms with Gasteiger partial charge in [0.05, 0.1) is 23.0 Å². The van der Waals surface area contributed by atoms with Crippen LogP contribution in [0.25, 0.3) is 11.0 Å². The van der Waals surface area contributed by atoms with Gasteiger partial charge in [-0.3, -0.25) is 4.79 Å². The van der Waals surface area contributed by atoms with Crippen molar-refractivity contribution in [2.75, 3.05) is 0 Å². The molecule has 1 aliphatic rings. The van der Waals surface area contributed by atoms with E-state index in [9.17, 15) is 4.79 Å². The predicted molar refractivity (Wildman–Crippen MR) is 97.6 cm³/mol. The Kier molecular flexibility index (Phi) is 3.68. The predicted octanol–water partition coefficient (Wildman–Crippen LogP) is 3.68. The third-order valence-corrected chi connectivity index (χ3v) is 5.34. The number of aromatic nitrogens is 2. The molecule has 24 heavy (non-hydrogen) atoms. The maximum Gasteiger partial charge on any atom is 0.231 e. The number of amides is 1. The van der Waals surface area contributed by atoms with Crippen molar-refractivity contribution in [3.8, 4) is 0 Å². The molecule has 0 unspecified atom stereocenters. The van der Waals surface area contributed by atoms with E-state index in [2.05, 4.69) is 26.2 Å². The summed E-state index contributed by atoms with van der Waals surface area (Å²) in [6.07, 6.45) is 1.80. The summed E-state index contributed by atoms with van der Waals surface area (Å²) in [5.41, 5.74) is 2.75. The van der Waals surface area contributed by atoms with Gasteiger partial charge in [-0.15, -0.1) is 0 Å². The first kappa shape index (κ1) is 15.4. The Labute approximate surface area is 149 Å². The van der Waals surface area contributed by atoms with Gasteiger partial charge in [0.1, 0.15) is 5.82 Å². The lowest BCUT2D eigenvalue weighted by Crippen LogP contribution is -2.34. The van der Waals surface area contributed by atoms with E-state index in [1.54, 1.807) is 0 Å². The summed E-state index contributed by atoms with van der Waals surface area (Å²) in [6.45, 7) is 0.444. The molecule has 1 fully saturated rings. The number of nitrogens with one attached hydrogen (secondary N) is 1. The second-order valence-corrected chi connectivity index (χ2v) is 7.27. The first-order valence-corrected chi connectivity index (χ1v) is 8.84. The number of hydrogen-bond donors (Lipinski definition) is 1. The summed E-state index contributed by atoms with van der Waals surface area (Å²) in [5, 5.41) is 3.08. The minimum Gasteiger partial charge on any atom is -0.348 e. The largest absolute Gasteiger partial charge is 0.348 e. The SMILES string of the molecule is Cn1c(CNC(=O)C2(c3cccc(Br)c3)CC2)nc2ccccc21. The van der Waals surface area contributed by atoms with Gasteiger partial charge in [0, 0.05) is 11.5 Å². The van der Waals surface area contributed by atoms with Crippen molar-refractivity contribution in [1.29, 1.82) is 0 Å². The van der Waals surface area contributed by atoms with Gasteiger partial charge in [-0.25, -0.2) is 4.98 Å². The van der Waals surface area contributed by atoms with E-state index in [1.807, 2.05) is 60.1 Å². The standard InChI is InChI=1S/C19H18BrN3O/c1-23-16-8-3-2-7-15(16)22-17(23)12-21-18(24)19(9-10-19)13-5-4-6-14(20)11-13/h2-8,11H,9-10,12H2,1H3,(H,21,24). The number of carbonyl (C=O) groups excluding carboxylic acids is 1. The third-order valence-electron chi connectivity index (χ3n) is 4.85. The molecule has 0 saturated heterocycles. The lowest BCUT2D eigenvalue weighted by Gasteiger charge is -2.16. The van der Waals surface area contributed by atoms with Crippen LogP contribution in [0.3, 0.4) is 0 Å². The fourth-order valence-electron chi connectivity index (χ4n) is 3.24. The number of nitrogens with zero attached hydrogens (tertiary/aromatic N) is 2. The van der Waals surface area contributed by atoms with E-state index in [0.29, 0.717) is 6.54 Å². The smallest absolute Gasteiger partial charge is 0.231 e. The van der Waals surface area contributed by atoms with Crippen LogP contribution in [0.15, 0.2) is 53.0 Å². The van der Waals surface area contributed by atoms with Crippen molar-refractivity contribution in [1.82, 2.24) is 14.9 Å². The molecule has 0 radical (unpaired) electrons. The minimum atomic E-state index is -0.367. The van der Waals surface area contributed by atoms with Crippen molar-refractivity contribution in [3.05, 3.63) is 64.4 Å². The molecule has 0 bridgehead atoms. The fraction of sp³-hybridized carbons (Fsp3) is 0.263. The molecule has 1 aliphatic carbocycles. The average Bonchev–Trinajstić information content (AvgIpc) is 3.34. The van der Waals surface area contributed by atoms with Crippen LogP contribution in [0.2, 0.25) is 0 Å². The summed E-state index contributed by atoms with van der Waals surface area (Å²) in [6, 6.07) is 16.0. The van der Waals surface area contributed by atoms with Crippen LogP contribution >= 0.6 is 15.9 Å². The Morgan fingerprint density at radius 1 is 1.25 bits per heavy atom. The number of halogens is 1. The van der Waals surface area contributed by atoms with Gasteiger partial charge in [0.15, 0.2) is 0 Å². The van der Waals surface area contributed by atoms with Crippen LogP contribution < -0.4 is 5.32 Å². The zero-order chi connectivity index (χ0) is 16.7. The highest BCUT2D eigenvalue weighted by Crippen LogP contribution is 2.48. The Balaban J connectivity index is 1.53. The van der Waals surface area contributed by atoms with Gasteiger partial charge in [0.25, 0.3) is 0 Å². The Bertz CT molecular complexity index is 927. The Hall–Kier alpha value is -2.14. The van der Waals surface area contributed by atoms with Crippen LogP contribution in [0.5, 0.6) is 0 Å². The second kappa shape index (κ2) is 5.74. The summed E-state index contributed by atoms with van der Waals surface area (Å²) in [7, 11) is 1.98. The van der Waals surface area contributed by atoms with E-state index < -0.39 is 0 Å². The molecule has 1 amide bonds. The molecule has 3 aromatic rings. The number of carbonyl (C=O) groups is 1. The topological polar surface area (TPSA) is 46.9 Å². The zero-order valence-corrected chi connectivity index (χ0v) is 15.0. The summed E-state index contributed by atoms with van der Waals surface area (Å²) >= 11 is 3.49. The van der Waals surface area contributed by atoms with Gasteiger partial charge in [-0.1, -0.05) is 40.2 Å². The molecule has 1 aromatic heterocycles. The van der Waals surface area contributed by atoms with Gasteiger partial charge < -0.3 is 9.88 Å². The Morgan fingerprint density at radius 2 is 2.04 bits per heavy atom. The average molecular weight is 384 g/mol. The monoisotopic (exact) mass is 383 g/mol. The number of aryl methyl sites for hydroxylation is 1. The number of benzene rings is 2. The van der Waals surface area contributed by atoms with Crippen molar-refractivity contribution in [2.24, 2.45) is 7.05 Å². The van der Waals surface area contributed by atoms with E-state index in [4.69, 9.17) is 0 Å². The highest BCUT2D eigenvalue weighted by atomic mass is 79.9. The van der Waals surface area contributed by atoms with Crippen LogP contribution in [0.1, 0.15) is 24.2 Å². The van der Waals surface area contributed by atoms with Crippen LogP contribution in [-0.4, -0.2) is 15.5 Å². The molecule has 2 aromatic carbocycles. The molecule has 0 spiro atoms.